The molecule has 0 unspecified atom stereocenters. The molecule has 0 aliphatic heterocycles. The van der Waals surface area contributed by atoms with E-state index in [4.69, 9.17) is 4.74 Å². The van der Waals surface area contributed by atoms with Crippen LogP contribution in [-0.4, -0.2) is 12.2 Å². The van der Waals surface area contributed by atoms with Crippen LogP contribution in [0, 0.1) is 5.82 Å². The molecule has 2 atom stereocenters. The van der Waals surface area contributed by atoms with E-state index in [1.807, 2.05) is 19.1 Å². The number of phenolic OH excluding ortho intramolecular Hbond substituents is 1. The van der Waals surface area contributed by atoms with Crippen LogP contribution < -0.4 is 10.1 Å². The minimum Gasteiger partial charge on any atom is -0.508 e. The van der Waals surface area contributed by atoms with E-state index < -0.39 is 0 Å². The Bertz CT molecular complexity index is 687. The summed E-state index contributed by atoms with van der Waals surface area (Å²) in [5.41, 5.74) is 2.73. The molecule has 0 aromatic heterocycles. The highest BCUT2D eigenvalue weighted by molar-refractivity contribution is 5.44. The summed E-state index contributed by atoms with van der Waals surface area (Å²) in [6.07, 6.45) is 1.76. The van der Waals surface area contributed by atoms with Crippen molar-refractivity contribution in [3.63, 3.8) is 0 Å². The second-order valence-corrected chi connectivity index (χ2v) is 5.71. The molecule has 3 nitrogen and oxygen atoms in total. The van der Waals surface area contributed by atoms with Crippen molar-refractivity contribution in [3.8, 4) is 11.5 Å². The molecule has 2 N–H and O–H groups in total. The molecule has 1 aliphatic carbocycles. The van der Waals surface area contributed by atoms with Gasteiger partial charge in [-0.25, -0.2) is 4.39 Å². The highest BCUT2D eigenvalue weighted by atomic mass is 19.1. The first-order valence-corrected chi connectivity index (χ1v) is 7.50. The lowest BCUT2D eigenvalue weighted by molar-refractivity contribution is 0.407. The van der Waals surface area contributed by atoms with Crippen molar-refractivity contribution in [2.75, 3.05) is 7.11 Å². The normalized spacial score (nSPS) is 18.0. The standard InChI is InChI=1S/C18H20FNO2/c1-11(13-7-6-12(22-2)10-16(13)19)20-17-9-8-15-14(17)4-3-5-18(15)21/h3-7,10-11,17,20-21H,8-9H2,1-2H3/t11-,17-/m1/s1. The molecule has 116 valence electrons. The first-order valence-electron chi connectivity index (χ1n) is 7.50. The van der Waals surface area contributed by atoms with Gasteiger partial charge in [-0.3, -0.25) is 0 Å². The number of hydrogen-bond acceptors (Lipinski definition) is 3. The zero-order chi connectivity index (χ0) is 15.7. The van der Waals surface area contributed by atoms with E-state index in [2.05, 4.69) is 5.32 Å². The minimum absolute atomic E-state index is 0.121. The molecule has 4 heteroatoms. The highest BCUT2D eigenvalue weighted by Crippen LogP contribution is 2.37. The average Bonchev–Trinajstić information content (AvgIpc) is 2.91. The number of methoxy groups -OCH3 is 1. The first kappa shape index (κ1) is 14.9. The molecule has 3 rings (SSSR count). The van der Waals surface area contributed by atoms with E-state index in [1.165, 1.54) is 13.2 Å². The van der Waals surface area contributed by atoms with Gasteiger partial charge in [0.2, 0.25) is 0 Å². The number of aromatic hydroxyl groups is 1. The Labute approximate surface area is 129 Å². The summed E-state index contributed by atoms with van der Waals surface area (Å²) in [6.45, 7) is 1.95. The number of ether oxygens (including phenoxy) is 1. The maximum atomic E-state index is 14.2. The Morgan fingerprint density at radius 3 is 2.86 bits per heavy atom. The summed E-state index contributed by atoms with van der Waals surface area (Å²) in [4.78, 5) is 0. The molecule has 2 aromatic rings. The summed E-state index contributed by atoms with van der Waals surface area (Å²) in [6, 6.07) is 10.5. The number of nitrogens with one attached hydrogen (secondary N) is 1. The monoisotopic (exact) mass is 301 g/mol. The van der Waals surface area contributed by atoms with Gasteiger partial charge in [0, 0.05) is 23.7 Å². The predicted molar refractivity (Wildman–Crippen MR) is 83.7 cm³/mol. The molecule has 2 aromatic carbocycles. The third-order valence-electron chi connectivity index (χ3n) is 4.37. The van der Waals surface area contributed by atoms with Crippen LogP contribution >= 0.6 is 0 Å². The van der Waals surface area contributed by atoms with Crippen LogP contribution in [0.2, 0.25) is 0 Å². The molecular weight excluding hydrogens is 281 g/mol. The fourth-order valence-corrected chi connectivity index (χ4v) is 3.19. The number of halogens is 1. The Morgan fingerprint density at radius 1 is 1.32 bits per heavy atom. The Morgan fingerprint density at radius 2 is 2.14 bits per heavy atom. The average molecular weight is 301 g/mol. The molecular formula is C18H20FNO2. The fraction of sp³-hybridized carbons (Fsp3) is 0.333. The van der Waals surface area contributed by atoms with E-state index in [0.717, 1.165) is 24.0 Å². The van der Waals surface area contributed by atoms with Gasteiger partial charge >= 0.3 is 0 Å². The largest absolute Gasteiger partial charge is 0.508 e. The molecule has 0 spiro atoms. The van der Waals surface area contributed by atoms with E-state index in [-0.39, 0.29) is 17.9 Å². The van der Waals surface area contributed by atoms with Gasteiger partial charge in [-0.1, -0.05) is 18.2 Å². The van der Waals surface area contributed by atoms with Crippen molar-refractivity contribution in [2.24, 2.45) is 0 Å². The Hall–Kier alpha value is -2.07. The maximum Gasteiger partial charge on any atom is 0.131 e. The first-order chi connectivity index (χ1) is 10.6. The minimum atomic E-state index is -0.270. The zero-order valence-electron chi connectivity index (χ0n) is 12.8. The van der Waals surface area contributed by atoms with E-state index >= 15 is 0 Å². The summed E-state index contributed by atoms with van der Waals surface area (Å²) >= 11 is 0. The summed E-state index contributed by atoms with van der Waals surface area (Å²) in [5, 5.41) is 13.4. The molecule has 0 amide bonds. The van der Waals surface area contributed by atoms with Crippen LogP contribution in [0.5, 0.6) is 11.5 Å². The van der Waals surface area contributed by atoms with E-state index in [9.17, 15) is 9.50 Å². The summed E-state index contributed by atoms with van der Waals surface area (Å²) < 4.78 is 19.2. The van der Waals surface area contributed by atoms with Crippen LogP contribution in [0.3, 0.4) is 0 Å². The summed E-state index contributed by atoms with van der Waals surface area (Å²) in [7, 11) is 1.53. The highest BCUT2D eigenvalue weighted by Gasteiger charge is 2.26. The number of phenols is 1. The van der Waals surface area contributed by atoms with Crippen molar-refractivity contribution < 1.29 is 14.2 Å². The number of fused-ring (bicyclic) bond motifs is 1. The van der Waals surface area contributed by atoms with Gasteiger partial charge in [-0.2, -0.15) is 0 Å². The zero-order valence-corrected chi connectivity index (χ0v) is 12.8. The third kappa shape index (κ3) is 2.66. The van der Waals surface area contributed by atoms with E-state index in [1.54, 1.807) is 18.2 Å². The van der Waals surface area contributed by atoms with Crippen LogP contribution in [0.1, 0.15) is 42.1 Å². The van der Waals surface area contributed by atoms with Gasteiger partial charge in [0.05, 0.1) is 7.11 Å². The summed E-state index contributed by atoms with van der Waals surface area (Å²) in [5.74, 6) is 0.600. The van der Waals surface area contributed by atoms with Crippen molar-refractivity contribution in [2.45, 2.75) is 31.8 Å². The van der Waals surface area contributed by atoms with Crippen molar-refractivity contribution in [1.82, 2.24) is 5.32 Å². The second kappa shape index (κ2) is 5.97. The molecule has 0 bridgehead atoms. The number of benzene rings is 2. The lowest BCUT2D eigenvalue weighted by atomic mass is 10.0. The van der Waals surface area contributed by atoms with Crippen LogP contribution in [0.25, 0.3) is 0 Å². The molecule has 0 fully saturated rings. The smallest absolute Gasteiger partial charge is 0.131 e. The Kier molecular flexibility index (Phi) is 4.03. The van der Waals surface area contributed by atoms with Gasteiger partial charge < -0.3 is 15.2 Å². The van der Waals surface area contributed by atoms with Crippen molar-refractivity contribution >= 4 is 0 Å². The lowest BCUT2D eigenvalue weighted by Crippen LogP contribution is -2.23. The molecule has 0 saturated heterocycles. The van der Waals surface area contributed by atoms with Gasteiger partial charge in [0.25, 0.3) is 0 Å². The van der Waals surface area contributed by atoms with Crippen molar-refractivity contribution in [1.29, 1.82) is 0 Å². The number of hydrogen-bond donors (Lipinski definition) is 2. The third-order valence-corrected chi connectivity index (χ3v) is 4.37. The molecule has 0 heterocycles. The lowest BCUT2D eigenvalue weighted by Gasteiger charge is -2.21. The van der Waals surface area contributed by atoms with Gasteiger partial charge in [-0.15, -0.1) is 0 Å². The van der Waals surface area contributed by atoms with Crippen LogP contribution in [-0.2, 0) is 6.42 Å². The quantitative estimate of drug-likeness (QED) is 0.900. The van der Waals surface area contributed by atoms with Crippen molar-refractivity contribution in [3.05, 3.63) is 58.9 Å². The van der Waals surface area contributed by atoms with Gasteiger partial charge in [0.15, 0.2) is 0 Å². The molecule has 22 heavy (non-hydrogen) atoms. The van der Waals surface area contributed by atoms with Crippen LogP contribution in [0.4, 0.5) is 4.39 Å². The molecule has 1 aliphatic rings. The van der Waals surface area contributed by atoms with Crippen LogP contribution in [0.15, 0.2) is 36.4 Å². The van der Waals surface area contributed by atoms with Gasteiger partial charge in [-0.05, 0) is 43.0 Å². The SMILES string of the molecule is COc1ccc([C@@H](C)N[C@@H]2CCc3c(O)cccc32)c(F)c1. The predicted octanol–water partition coefficient (Wildman–Crippen LogP) is 3.88. The van der Waals surface area contributed by atoms with Gasteiger partial charge in [0.1, 0.15) is 17.3 Å². The molecule has 0 radical (unpaired) electrons. The Balaban J connectivity index is 1.79. The second-order valence-electron chi connectivity index (χ2n) is 5.71. The fourth-order valence-electron chi connectivity index (χ4n) is 3.19. The maximum absolute atomic E-state index is 14.2. The number of rotatable bonds is 4. The topological polar surface area (TPSA) is 41.5 Å². The molecule has 0 saturated carbocycles. The van der Waals surface area contributed by atoms with E-state index in [0.29, 0.717) is 17.1 Å².